The SMILES string of the molecule is O=C1CCCN1c1ccc(C(=O)N(Cc2ccco2)c2ccccc2)cc1. The molecule has 5 nitrogen and oxygen atoms in total. The number of carbonyl (C=O) groups excluding carboxylic acids is 2. The molecule has 1 saturated heterocycles. The van der Waals surface area contributed by atoms with Crippen molar-refractivity contribution in [1.29, 1.82) is 0 Å². The van der Waals surface area contributed by atoms with Crippen LogP contribution in [0.2, 0.25) is 0 Å². The van der Waals surface area contributed by atoms with E-state index in [2.05, 4.69) is 0 Å². The zero-order valence-electron chi connectivity index (χ0n) is 14.9. The molecule has 0 spiro atoms. The van der Waals surface area contributed by atoms with Gasteiger partial charge in [-0.2, -0.15) is 0 Å². The fourth-order valence-corrected chi connectivity index (χ4v) is 3.31. The largest absolute Gasteiger partial charge is 0.467 e. The molecule has 0 aliphatic carbocycles. The van der Waals surface area contributed by atoms with Gasteiger partial charge in [0, 0.05) is 29.9 Å². The fraction of sp³-hybridized carbons (Fsp3) is 0.182. The first-order chi connectivity index (χ1) is 13.2. The molecule has 1 aliphatic heterocycles. The van der Waals surface area contributed by atoms with E-state index in [1.807, 2.05) is 54.6 Å². The Balaban J connectivity index is 1.60. The molecule has 2 heterocycles. The van der Waals surface area contributed by atoms with Gasteiger partial charge in [0.15, 0.2) is 0 Å². The number of nitrogens with zero attached hydrogens (tertiary/aromatic N) is 2. The number of hydrogen-bond acceptors (Lipinski definition) is 3. The Labute approximate surface area is 157 Å². The Hall–Kier alpha value is -3.34. The number of benzene rings is 2. The minimum Gasteiger partial charge on any atom is -0.467 e. The van der Waals surface area contributed by atoms with Crippen LogP contribution < -0.4 is 9.80 Å². The molecule has 0 bridgehead atoms. The van der Waals surface area contributed by atoms with Crippen molar-refractivity contribution in [3.8, 4) is 0 Å². The third-order valence-electron chi connectivity index (χ3n) is 4.71. The van der Waals surface area contributed by atoms with E-state index in [0.29, 0.717) is 24.3 Å². The van der Waals surface area contributed by atoms with Crippen molar-refractivity contribution in [3.63, 3.8) is 0 Å². The fourth-order valence-electron chi connectivity index (χ4n) is 3.31. The molecule has 0 unspecified atom stereocenters. The number of rotatable bonds is 5. The zero-order chi connectivity index (χ0) is 18.6. The van der Waals surface area contributed by atoms with E-state index in [9.17, 15) is 9.59 Å². The van der Waals surface area contributed by atoms with Gasteiger partial charge in [-0.3, -0.25) is 9.59 Å². The molecule has 0 radical (unpaired) electrons. The lowest BCUT2D eigenvalue weighted by atomic mass is 10.1. The molecular weight excluding hydrogens is 340 g/mol. The van der Waals surface area contributed by atoms with E-state index in [-0.39, 0.29) is 11.8 Å². The Morgan fingerprint density at radius 1 is 1.00 bits per heavy atom. The second kappa shape index (κ2) is 7.50. The molecule has 1 aromatic heterocycles. The van der Waals surface area contributed by atoms with E-state index in [4.69, 9.17) is 4.42 Å². The molecule has 0 saturated carbocycles. The van der Waals surface area contributed by atoms with Crippen molar-refractivity contribution in [2.75, 3.05) is 16.3 Å². The molecule has 0 atom stereocenters. The Kier molecular flexibility index (Phi) is 4.75. The highest BCUT2D eigenvalue weighted by molar-refractivity contribution is 6.06. The van der Waals surface area contributed by atoms with E-state index < -0.39 is 0 Å². The number of hydrogen-bond donors (Lipinski definition) is 0. The third kappa shape index (κ3) is 3.62. The molecule has 2 amide bonds. The first-order valence-corrected chi connectivity index (χ1v) is 9.02. The summed E-state index contributed by atoms with van der Waals surface area (Å²) in [7, 11) is 0. The van der Waals surface area contributed by atoms with E-state index >= 15 is 0 Å². The van der Waals surface area contributed by atoms with Crippen LogP contribution >= 0.6 is 0 Å². The summed E-state index contributed by atoms with van der Waals surface area (Å²) < 4.78 is 5.43. The standard InChI is InChI=1S/C22H20N2O3/c25-21-9-4-14-23(21)19-12-10-17(11-13-19)22(26)24(16-20-8-5-15-27-20)18-6-2-1-3-7-18/h1-3,5-8,10-13,15H,4,9,14,16H2. The van der Waals surface area contributed by atoms with Gasteiger partial charge in [0.1, 0.15) is 5.76 Å². The predicted molar refractivity (Wildman–Crippen MR) is 104 cm³/mol. The molecule has 0 N–H and O–H groups in total. The average molecular weight is 360 g/mol. The van der Waals surface area contributed by atoms with Crippen LogP contribution in [-0.2, 0) is 11.3 Å². The smallest absolute Gasteiger partial charge is 0.258 e. The summed E-state index contributed by atoms with van der Waals surface area (Å²) in [4.78, 5) is 28.5. The highest BCUT2D eigenvalue weighted by Crippen LogP contribution is 2.24. The van der Waals surface area contributed by atoms with E-state index in [1.165, 1.54) is 0 Å². The van der Waals surface area contributed by atoms with Crippen LogP contribution in [0.5, 0.6) is 0 Å². The number of amides is 2. The number of anilines is 2. The summed E-state index contributed by atoms with van der Waals surface area (Å²) in [6, 6.07) is 20.4. The average Bonchev–Trinajstić information content (AvgIpc) is 3.38. The van der Waals surface area contributed by atoms with Gasteiger partial charge in [0.05, 0.1) is 12.8 Å². The number of para-hydroxylation sites is 1. The van der Waals surface area contributed by atoms with Gasteiger partial charge >= 0.3 is 0 Å². The lowest BCUT2D eigenvalue weighted by molar-refractivity contribution is -0.117. The lowest BCUT2D eigenvalue weighted by Crippen LogP contribution is -2.30. The monoisotopic (exact) mass is 360 g/mol. The van der Waals surface area contributed by atoms with Gasteiger partial charge in [0.25, 0.3) is 5.91 Å². The molecule has 5 heteroatoms. The Morgan fingerprint density at radius 2 is 1.78 bits per heavy atom. The highest BCUT2D eigenvalue weighted by atomic mass is 16.3. The van der Waals surface area contributed by atoms with Crippen molar-refractivity contribution in [3.05, 3.63) is 84.3 Å². The molecular formula is C22H20N2O3. The summed E-state index contributed by atoms with van der Waals surface area (Å²) in [5.74, 6) is 0.737. The van der Waals surface area contributed by atoms with E-state index in [1.54, 1.807) is 28.2 Å². The van der Waals surface area contributed by atoms with Crippen molar-refractivity contribution in [1.82, 2.24) is 0 Å². The summed E-state index contributed by atoms with van der Waals surface area (Å²) in [5.41, 5.74) is 2.21. The molecule has 27 heavy (non-hydrogen) atoms. The minimum absolute atomic E-state index is 0.114. The van der Waals surface area contributed by atoms with Crippen LogP contribution in [0.15, 0.2) is 77.4 Å². The minimum atomic E-state index is -0.114. The van der Waals surface area contributed by atoms with Crippen LogP contribution in [0.1, 0.15) is 29.0 Å². The van der Waals surface area contributed by atoms with Gasteiger partial charge in [-0.05, 0) is 55.0 Å². The number of carbonyl (C=O) groups is 2. The van der Waals surface area contributed by atoms with Crippen LogP contribution in [0.25, 0.3) is 0 Å². The van der Waals surface area contributed by atoms with Crippen LogP contribution in [-0.4, -0.2) is 18.4 Å². The third-order valence-corrected chi connectivity index (χ3v) is 4.71. The normalized spacial score (nSPS) is 13.8. The summed E-state index contributed by atoms with van der Waals surface area (Å²) in [6.45, 7) is 1.09. The van der Waals surface area contributed by atoms with Gasteiger partial charge < -0.3 is 14.2 Å². The first-order valence-electron chi connectivity index (χ1n) is 9.02. The molecule has 2 aromatic carbocycles. The summed E-state index contributed by atoms with van der Waals surface area (Å²) >= 11 is 0. The van der Waals surface area contributed by atoms with Crippen LogP contribution in [0, 0.1) is 0 Å². The van der Waals surface area contributed by atoms with Crippen molar-refractivity contribution >= 4 is 23.2 Å². The maximum Gasteiger partial charge on any atom is 0.258 e. The topological polar surface area (TPSA) is 53.8 Å². The molecule has 4 rings (SSSR count). The van der Waals surface area contributed by atoms with Crippen LogP contribution in [0.4, 0.5) is 11.4 Å². The Morgan fingerprint density at radius 3 is 2.41 bits per heavy atom. The molecule has 1 fully saturated rings. The van der Waals surface area contributed by atoms with Gasteiger partial charge in [-0.15, -0.1) is 0 Å². The lowest BCUT2D eigenvalue weighted by Gasteiger charge is -2.22. The first kappa shape index (κ1) is 17.1. The number of furan rings is 1. The second-order valence-corrected chi connectivity index (χ2v) is 6.50. The van der Waals surface area contributed by atoms with Crippen molar-refractivity contribution < 1.29 is 14.0 Å². The van der Waals surface area contributed by atoms with Crippen molar-refractivity contribution in [2.45, 2.75) is 19.4 Å². The van der Waals surface area contributed by atoms with Crippen LogP contribution in [0.3, 0.4) is 0 Å². The molecule has 136 valence electrons. The van der Waals surface area contributed by atoms with Crippen molar-refractivity contribution in [2.24, 2.45) is 0 Å². The summed E-state index contributed by atoms with van der Waals surface area (Å²) in [5, 5.41) is 0. The maximum absolute atomic E-state index is 13.2. The summed E-state index contributed by atoms with van der Waals surface area (Å²) in [6.07, 6.45) is 3.07. The predicted octanol–water partition coefficient (Wildman–Crippen LogP) is 4.25. The van der Waals surface area contributed by atoms with Gasteiger partial charge in [0.2, 0.25) is 5.91 Å². The van der Waals surface area contributed by atoms with E-state index in [0.717, 1.165) is 24.3 Å². The highest BCUT2D eigenvalue weighted by Gasteiger charge is 2.23. The molecule has 3 aromatic rings. The second-order valence-electron chi connectivity index (χ2n) is 6.50. The molecule has 1 aliphatic rings. The van der Waals surface area contributed by atoms with Gasteiger partial charge in [-0.25, -0.2) is 0 Å². The Bertz CT molecular complexity index is 918. The quantitative estimate of drug-likeness (QED) is 0.683. The maximum atomic E-state index is 13.2. The zero-order valence-corrected chi connectivity index (χ0v) is 14.9. The van der Waals surface area contributed by atoms with Gasteiger partial charge in [-0.1, -0.05) is 18.2 Å².